The molecule has 0 saturated carbocycles. The monoisotopic (exact) mass is 628 g/mol. The number of nitrogens with zero attached hydrogens (tertiary/aromatic N) is 2. The zero-order valence-corrected chi connectivity index (χ0v) is 25.9. The first kappa shape index (κ1) is 31.8. The molecule has 1 fully saturated rings. The van der Waals surface area contributed by atoms with Crippen LogP contribution in [0.15, 0.2) is 102 Å². The van der Waals surface area contributed by atoms with Gasteiger partial charge in [0.05, 0.1) is 6.42 Å². The largest absolute Gasteiger partial charge is 0.451 e. The van der Waals surface area contributed by atoms with Crippen molar-refractivity contribution in [2.24, 2.45) is 0 Å². The summed E-state index contributed by atoms with van der Waals surface area (Å²) in [7, 11) is 3.78. The molecule has 0 aliphatic carbocycles. The number of hydrogen-bond donors (Lipinski definition) is 2. The second-order valence-corrected chi connectivity index (χ2v) is 12.0. The van der Waals surface area contributed by atoms with Crippen molar-refractivity contribution < 1.29 is 28.7 Å². The molecule has 2 aliphatic rings. The van der Waals surface area contributed by atoms with E-state index in [1.807, 2.05) is 110 Å². The SMILES string of the molecule is CN(C)CCNC(=O)OCC1=CSC2C(NC(=O)Cc3ccccc3)C(=O)N2C1C(=O)OC(c1ccccc1)c1ccccc1. The van der Waals surface area contributed by atoms with Crippen molar-refractivity contribution >= 4 is 35.6 Å². The van der Waals surface area contributed by atoms with E-state index in [1.54, 1.807) is 5.41 Å². The van der Waals surface area contributed by atoms with Crippen LogP contribution in [-0.4, -0.2) is 84.9 Å². The van der Waals surface area contributed by atoms with E-state index in [4.69, 9.17) is 9.47 Å². The fourth-order valence-electron chi connectivity index (χ4n) is 5.17. The van der Waals surface area contributed by atoms with Gasteiger partial charge < -0.3 is 29.9 Å². The molecule has 234 valence electrons. The lowest BCUT2D eigenvalue weighted by atomic mass is 9.97. The molecule has 3 aromatic carbocycles. The number of ether oxygens (including phenoxy) is 2. The standard InChI is InChI=1S/C34H36N4O6S/c1-37(2)19-18-35-34(42)43-21-26-22-45-32-28(36-27(39)20-23-12-6-3-7-13-23)31(40)38(32)29(26)33(41)44-30(24-14-8-4-9-15-24)25-16-10-5-11-17-25/h3-17,22,28-30,32H,18-21H2,1-2H3,(H,35,42)(H,36,39). The van der Waals surface area contributed by atoms with Gasteiger partial charge in [0.15, 0.2) is 12.1 Å². The molecule has 3 amide bonds. The fraction of sp³-hybridized carbons (Fsp3) is 0.294. The van der Waals surface area contributed by atoms with Gasteiger partial charge in [0.25, 0.3) is 0 Å². The van der Waals surface area contributed by atoms with Crippen LogP contribution in [0.25, 0.3) is 0 Å². The Morgan fingerprint density at radius 3 is 2.11 bits per heavy atom. The molecular formula is C34H36N4O6S. The number of nitrogens with one attached hydrogen (secondary N) is 2. The summed E-state index contributed by atoms with van der Waals surface area (Å²) in [5, 5.41) is 6.71. The molecule has 2 heterocycles. The quantitative estimate of drug-likeness (QED) is 0.231. The fourth-order valence-corrected chi connectivity index (χ4v) is 6.38. The minimum Gasteiger partial charge on any atom is -0.451 e. The van der Waals surface area contributed by atoms with E-state index >= 15 is 0 Å². The molecule has 3 atom stereocenters. The molecule has 3 aromatic rings. The highest BCUT2D eigenvalue weighted by Crippen LogP contribution is 2.41. The molecule has 10 nitrogen and oxygen atoms in total. The summed E-state index contributed by atoms with van der Waals surface area (Å²) in [5.41, 5.74) is 2.77. The normalized spacial score (nSPS) is 18.8. The minimum absolute atomic E-state index is 0.126. The molecule has 0 spiro atoms. The number of thioether (sulfide) groups is 1. The van der Waals surface area contributed by atoms with Crippen molar-refractivity contribution in [1.29, 1.82) is 0 Å². The van der Waals surface area contributed by atoms with Gasteiger partial charge in [-0.3, -0.25) is 9.59 Å². The summed E-state index contributed by atoms with van der Waals surface area (Å²) >= 11 is 1.29. The van der Waals surface area contributed by atoms with Crippen molar-refractivity contribution in [2.45, 2.75) is 30.0 Å². The lowest BCUT2D eigenvalue weighted by molar-refractivity contribution is -0.165. The van der Waals surface area contributed by atoms with E-state index in [2.05, 4.69) is 10.6 Å². The molecule has 2 N–H and O–H groups in total. The lowest BCUT2D eigenvalue weighted by Crippen LogP contribution is -2.74. The third-order valence-electron chi connectivity index (χ3n) is 7.45. The number of β-lactam (4-membered cyclic amide) rings is 1. The third-order valence-corrected chi connectivity index (χ3v) is 8.67. The third kappa shape index (κ3) is 7.92. The zero-order chi connectivity index (χ0) is 31.8. The van der Waals surface area contributed by atoms with Gasteiger partial charge >= 0.3 is 12.1 Å². The minimum atomic E-state index is -1.14. The predicted molar refractivity (Wildman–Crippen MR) is 171 cm³/mol. The van der Waals surface area contributed by atoms with Gasteiger partial charge in [-0.15, -0.1) is 11.8 Å². The van der Waals surface area contributed by atoms with Crippen LogP contribution in [0.4, 0.5) is 4.79 Å². The van der Waals surface area contributed by atoms with Crippen molar-refractivity contribution in [2.75, 3.05) is 33.8 Å². The van der Waals surface area contributed by atoms with Gasteiger partial charge in [-0.05, 0) is 36.2 Å². The summed E-state index contributed by atoms with van der Waals surface area (Å²) in [6, 6.07) is 26.0. The summed E-state index contributed by atoms with van der Waals surface area (Å²) in [4.78, 5) is 56.2. The molecule has 45 heavy (non-hydrogen) atoms. The zero-order valence-electron chi connectivity index (χ0n) is 25.1. The van der Waals surface area contributed by atoms with E-state index in [0.29, 0.717) is 18.7 Å². The molecule has 0 bridgehead atoms. The van der Waals surface area contributed by atoms with Gasteiger partial charge in [0.2, 0.25) is 11.8 Å². The first-order valence-corrected chi connectivity index (χ1v) is 15.6. The van der Waals surface area contributed by atoms with Crippen molar-refractivity contribution in [1.82, 2.24) is 20.4 Å². The van der Waals surface area contributed by atoms with Crippen LogP contribution < -0.4 is 10.6 Å². The highest BCUT2D eigenvalue weighted by atomic mass is 32.2. The Morgan fingerprint density at radius 1 is 0.911 bits per heavy atom. The number of alkyl carbamates (subject to hydrolysis) is 1. The first-order valence-electron chi connectivity index (χ1n) is 14.7. The molecule has 0 radical (unpaired) electrons. The van der Waals surface area contributed by atoms with Gasteiger partial charge in [0.1, 0.15) is 18.0 Å². The van der Waals surface area contributed by atoms with E-state index < -0.39 is 41.5 Å². The van der Waals surface area contributed by atoms with Crippen LogP contribution in [0.2, 0.25) is 0 Å². The second kappa shape index (κ2) is 14.9. The van der Waals surface area contributed by atoms with E-state index in [1.165, 1.54) is 16.7 Å². The first-order chi connectivity index (χ1) is 21.8. The number of carbonyl (C=O) groups excluding carboxylic acids is 4. The van der Waals surface area contributed by atoms with Crippen LogP contribution in [0, 0.1) is 0 Å². The molecular weight excluding hydrogens is 592 g/mol. The maximum Gasteiger partial charge on any atom is 0.407 e. The highest BCUT2D eigenvalue weighted by Gasteiger charge is 2.56. The Morgan fingerprint density at radius 2 is 1.51 bits per heavy atom. The molecule has 1 saturated heterocycles. The predicted octanol–water partition coefficient (Wildman–Crippen LogP) is 3.50. The number of hydrogen-bond acceptors (Lipinski definition) is 8. The smallest absolute Gasteiger partial charge is 0.407 e. The van der Waals surface area contributed by atoms with E-state index in [0.717, 1.165) is 16.7 Å². The Balaban J connectivity index is 1.35. The molecule has 0 aromatic heterocycles. The summed E-state index contributed by atoms with van der Waals surface area (Å²) in [6.45, 7) is 0.797. The maximum atomic E-state index is 14.0. The van der Waals surface area contributed by atoms with Crippen molar-refractivity contribution in [3.05, 3.63) is 119 Å². The second-order valence-electron chi connectivity index (χ2n) is 11.0. The molecule has 2 aliphatic heterocycles. The number of benzene rings is 3. The average molecular weight is 629 g/mol. The van der Waals surface area contributed by atoms with Crippen LogP contribution in [-0.2, 0) is 30.3 Å². The number of amides is 3. The molecule has 3 unspecified atom stereocenters. The number of likely N-dealkylation sites (N-methyl/N-ethyl adjacent to an activating group) is 1. The van der Waals surface area contributed by atoms with Crippen LogP contribution in [0.1, 0.15) is 22.8 Å². The number of esters is 1. The van der Waals surface area contributed by atoms with Gasteiger partial charge in [-0.25, -0.2) is 9.59 Å². The van der Waals surface area contributed by atoms with Crippen molar-refractivity contribution in [3.8, 4) is 0 Å². The Kier molecular flexibility index (Phi) is 10.5. The Hall–Kier alpha value is -4.61. The number of carbonyl (C=O) groups is 4. The van der Waals surface area contributed by atoms with Gasteiger partial charge in [0, 0.05) is 18.7 Å². The Bertz CT molecular complexity index is 1480. The summed E-state index contributed by atoms with van der Waals surface area (Å²) < 4.78 is 11.6. The van der Waals surface area contributed by atoms with Crippen molar-refractivity contribution in [3.63, 3.8) is 0 Å². The van der Waals surface area contributed by atoms with E-state index in [9.17, 15) is 19.2 Å². The van der Waals surface area contributed by atoms with Gasteiger partial charge in [-0.2, -0.15) is 0 Å². The van der Waals surface area contributed by atoms with Crippen LogP contribution in [0.5, 0.6) is 0 Å². The highest BCUT2D eigenvalue weighted by molar-refractivity contribution is 8.03. The lowest BCUT2D eigenvalue weighted by Gasteiger charge is -2.51. The summed E-state index contributed by atoms with van der Waals surface area (Å²) in [6.07, 6.45) is -1.24. The van der Waals surface area contributed by atoms with Crippen LogP contribution >= 0.6 is 11.8 Å². The average Bonchev–Trinajstić information content (AvgIpc) is 3.05. The molecule has 5 rings (SSSR count). The Labute approximate surface area is 266 Å². The topological polar surface area (TPSA) is 117 Å². The maximum absolute atomic E-state index is 14.0. The number of rotatable bonds is 12. The number of fused-ring (bicyclic) bond motifs is 1. The molecule has 11 heteroatoms. The summed E-state index contributed by atoms with van der Waals surface area (Å²) in [5.74, 6) is -1.36. The van der Waals surface area contributed by atoms with Crippen LogP contribution in [0.3, 0.4) is 0 Å². The van der Waals surface area contributed by atoms with E-state index in [-0.39, 0.29) is 18.9 Å². The van der Waals surface area contributed by atoms with Gasteiger partial charge in [-0.1, -0.05) is 91.0 Å².